The molecule has 0 aliphatic heterocycles. The first-order chi connectivity index (χ1) is 6.36. The SMILES string of the molecule is Fc1cccc(C2=CC=CCC2)c1. The van der Waals surface area contributed by atoms with E-state index >= 15 is 0 Å². The summed E-state index contributed by atoms with van der Waals surface area (Å²) in [4.78, 5) is 0. The Kier molecular flexibility index (Phi) is 2.26. The fourth-order valence-electron chi connectivity index (χ4n) is 1.53. The highest BCUT2D eigenvalue weighted by Gasteiger charge is 2.03. The molecular weight excluding hydrogens is 163 g/mol. The van der Waals surface area contributed by atoms with E-state index in [0.29, 0.717) is 0 Å². The van der Waals surface area contributed by atoms with Gasteiger partial charge in [-0.2, -0.15) is 0 Å². The summed E-state index contributed by atoms with van der Waals surface area (Å²) >= 11 is 0. The molecule has 0 amide bonds. The van der Waals surface area contributed by atoms with Gasteiger partial charge in [-0.15, -0.1) is 0 Å². The zero-order valence-corrected chi connectivity index (χ0v) is 7.33. The molecule has 0 unspecified atom stereocenters. The Hall–Kier alpha value is -1.37. The third kappa shape index (κ3) is 1.86. The maximum atomic E-state index is 12.9. The average molecular weight is 174 g/mol. The van der Waals surface area contributed by atoms with Crippen molar-refractivity contribution in [3.05, 3.63) is 53.9 Å². The minimum Gasteiger partial charge on any atom is -0.207 e. The van der Waals surface area contributed by atoms with E-state index in [1.807, 2.05) is 12.1 Å². The van der Waals surface area contributed by atoms with Gasteiger partial charge in [0.25, 0.3) is 0 Å². The van der Waals surface area contributed by atoms with Crippen LogP contribution >= 0.6 is 0 Å². The van der Waals surface area contributed by atoms with Crippen LogP contribution in [-0.2, 0) is 0 Å². The predicted octanol–water partition coefficient (Wildman–Crippen LogP) is 3.56. The Bertz CT molecular complexity index is 361. The summed E-state index contributed by atoms with van der Waals surface area (Å²) < 4.78 is 12.9. The molecule has 0 saturated carbocycles. The number of hydrogen-bond acceptors (Lipinski definition) is 0. The maximum Gasteiger partial charge on any atom is 0.123 e. The van der Waals surface area contributed by atoms with Crippen molar-refractivity contribution in [2.75, 3.05) is 0 Å². The van der Waals surface area contributed by atoms with Crippen LogP contribution in [0, 0.1) is 5.82 Å². The van der Waals surface area contributed by atoms with E-state index in [1.54, 1.807) is 12.1 Å². The second-order valence-electron chi connectivity index (χ2n) is 3.17. The Morgan fingerprint density at radius 2 is 2.15 bits per heavy atom. The van der Waals surface area contributed by atoms with Gasteiger partial charge in [0.05, 0.1) is 0 Å². The quantitative estimate of drug-likeness (QED) is 0.610. The van der Waals surface area contributed by atoms with Crippen LogP contribution in [0.4, 0.5) is 4.39 Å². The summed E-state index contributed by atoms with van der Waals surface area (Å²) in [7, 11) is 0. The summed E-state index contributed by atoms with van der Waals surface area (Å²) in [6.07, 6.45) is 8.28. The fourth-order valence-corrected chi connectivity index (χ4v) is 1.53. The number of rotatable bonds is 1. The molecule has 13 heavy (non-hydrogen) atoms. The Morgan fingerprint density at radius 3 is 2.85 bits per heavy atom. The lowest BCUT2D eigenvalue weighted by Crippen LogP contribution is -1.88. The number of hydrogen-bond donors (Lipinski definition) is 0. The summed E-state index contributed by atoms with van der Waals surface area (Å²) in [6, 6.07) is 6.77. The molecule has 0 fully saturated rings. The highest BCUT2D eigenvalue weighted by Crippen LogP contribution is 2.23. The van der Waals surface area contributed by atoms with Gasteiger partial charge in [0.15, 0.2) is 0 Å². The van der Waals surface area contributed by atoms with Crippen LogP contribution in [-0.4, -0.2) is 0 Å². The monoisotopic (exact) mass is 174 g/mol. The second-order valence-corrected chi connectivity index (χ2v) is 3.17. The lowest BCUT2D eigenvalue weighted by atomic mass is 9.97. The number of benzene rings is 1. The van der Waals surface area contributed by atoms with Crippen LogP contribution in [0.15, 0.2) is 42.5 Å². The zero-order chi connectivity index (χ0) is 9.10. The lowest BCUT2D eigenvalue weighted by molar-refractivity contribution is 0.627. The van der Waals surface area contributed by atoms with E-state index < -0.39 is 0 Å². The molecule has 0 aromatic heterocycles. The summed E-state index contributed by atoms with van der Waals surface area (Å²) in [6.45, 7) is 0. The number of allylic oxidation sites excluding steroid dienone is 4. The standard InChI is InChI=1S/C12H11F/c13-12-8-4-7-11(9-12)10-5-2-1-3-6-10/h1-2,4-5,7-9H,3,6H2. The summed E-state index contributed by atoms with van der Waals surface area (Å²) in [5, 5.41) is 0. The van der Waals surface area contributed by atoms with E-state index in [0.717, 1.165) is 18.4 Å². The Morgan fingerprint density at radius 1 is 1.23 bits per heavy atom. The molecule has 1 aliphatic rings. The van der Waals surface area contributed by atoms with Gasteiger partial charge in [0, 0.05) is 0 Å². The van der Waals surface area contributed by atoms with E-state index in [1.165, 1.54) is 11.6 Å². The number of halogens is 1. The van der Waals surface area contributed by atoms with Gasteiger partial charge in [-0.1, -0.05) is 30.4 Å². The topological polar surface area (TPSA) is 0 Å². The lowest BCUT2D eigenvalue weighted by Gasteiger charge is -2.08. The van der Waals surface area contributed by atoms with Crippen LogP contribution in [0.1, 0.15) is 18.4 Å². The molecule has 1 aliphatic carbocycles. The molecule has 0 atom stereocenters. The summed E-state index contributed by atoms with van der Waals surface area (Å²) in [5.74, 6) is -0.159. The van der Waals surface area contributed by atoms with Crippen molar-refractivity contribution in [1.29, 1.82) is 0 Å². The highest BCUT2D eigenvalue weighted by atomic mass is 19.1. The maximum absolute atomic E-state index is 12.9. The molecule has 0 saturated heterocycles. The third-order valence-electron chi connectivity index (χ3n) is 2.21. The molecule has 0 radical (unpaired) electrons. The predicted molar refractivity (Wildman–Crippen MR) is 52.8 cm³/mol. The third-order valence-corrected chi connectivity index (χ3v) is 2.21. The van der Waals surface area contributed by atoms with Crippen LogP contribution < -0.4 is 0 Å². The largest absolute Gasteiger partial charge is 0.207 e. The van der Waals surface area contributed by atoms with Crippen molar-refractivity contribution < 1.29 is 4.39 Å². The normalized spacial score (nSPS) is 15.6. The van der Waals surface area contributed by atoms with E-state index in [9.17, 15) is 4.39 Å². The van der Waals surface area contributed by atoms with Crippen LogP contribution in [0.2, 0.25) is 0 Å². The fraction of sp³-hybridized carbons (Fsp3) is 0.167. The highest BCUT2D eigenvalue weighted by molar-refractivity contribution is 5.68. The van der Waals surface area contributed by atoms with E-state index in [-0.39, 0.29) is 5.82 Å². The molecule has 0 bridgehead atoms. The van der Waals surface area contributed by atoms with Crippen molar-refractivity contribution in [2.45, 2.75) is 12.8 Å². The molecule has 1 heteroatoms. The van der Waals surface area contributed by atoms with Gasteiger partial charge in [-0.25, -0.2) is 4.39 Å². The Balaban J connectivity index is 2.34. The molecular formula is C12H11F. The second kappa shape index (κ2) is 3.56. The van der Waals surface area contributed by atoms with Crippen molar-refractivity contribution in [1.82, 2.24) is 0 Å². The first kappa shape index (κ1) is 8.24. The summed E-state index contributed by atoms with van der Waals surface area (Å²) in [5.41, 5.74) is 2.23. The molecule has 0 nitrogen and oxygen atoms in total. The Labute approximate surface area is 77.4 Å². The van der Waals surface area contributed by atoms with Crippen molar-refractivity contribution in [3.63, 3.8) is 0 Å². The van der Waals surface area contributed by atoms with Crippen LogP contribution in [0.25, 0.3) is 5.57 Å². The van der Waals surface area contributed by atoms with Crippen molar-refractivity contribution in [3.8, 4) is 0 Å². The smallest absolute Gasteiger partial charge is 0.123 e. The van der Waals surface area contributed by atoms with Gasteiger partial charge in [0.1, 0.15) is 5.82 Å². The van der Waals surface area contributed by atoms with Crippen LogP contribution in [0.5, 0.6) is 0 Å². The van der Waals surface area contributed by atoms with Gasteiger partial charge in [-0.05, 0) is 36.1 Å². The average Bonchev–Trinajstić information content (AvgIpc) is 2.19. The van der Waals surface area contributed by atoms with Gasteiger partial charge in [-0.3, -0.25) is 0 Å². The first-order valence-electron chi connectivity index (χ1n) is 4.48. The van der Waals surface area contributed by atoms with Gasteiger partial charge >= 0.3 is 0 Å². The van der Waals surface area contributed by atoms with E-state index in [2.05, 4.69) is 12.2 Å². The van der Waals surface area contributed by atoms with E-state index in [4.69, 9.17) is 0 Å². The zero-order valence-electron chi connectivity index (χ0n) is 7.33. The molecule has 0 spiro atoms. The molecule has 0 N–H and O–H groups in total. The van der Waals surface area contributed by atoms with Gasteiger partial charge < -0.3 is 0 Å². The minimum absolute atomic E-state index is 0.159. The van der Waals surface area contributed by atoms with Crippen molar-refractivity contribution in [2.24, 2.45) is 0 Å². The first-order valence-corrected chi connectivity index (χ1v) is 4.48. The molecule has 1 aromatic rings. The molecule has 1 aromatic carbocycles. The minimum atomic E-state index is -0.159. The van der Waals surface area contributed by atoms with Crippen molar-refractivity contribution >= 4 is 5.57 Å². The van der Waals surface area contributed by atoms with Crippen LogP contribution in [0.3, 0.4) is 0 Å². The molecule has 0 heterocycles. The molecule has 2 rings (SSSR count). The molecule has 66 valence electrons. The van der Waals surface area contributed by atoms with Gasteiger partial charge in [0.2, 0.25) is 0 Å².